The number of unbranched alkanes of at least 4 members (excludes halogenated alkanes) is 2. The summed E-state index contributed by atoms with van der Waals surface area (Å²) in [5.41, 5.74) is 4.39. The molecule has 0 aliphatic heterocycles. The molecule has 0 saturated heterocycles. The lowest BCUT2D eigenvalue weighted by Gasteiger charge is -2.10. The molecule has 0 spiro atoms. The molecular weight excluding hydrogens is 374 g/mol. The zero-order chi connectivity index (χ0) is 21.3. The van der Waals surface area contributed by atoms with Crippen LogP contribution < -0.4 is 9.47 Å². The highest BCUT2D eigenvalue weighted by molar-refractivity contribution is 5.92. The molecular formula is C26H25NO3. The smallest absolute Gasteiger partial charge is 0.343 e. The van der Waals surface area contributed by atoms with Gasteiger partial charge in [0.2, 0.25) is 0 Å². The number of nitrogens with zero attached hydrogens (tertiary/aromatic N) is 1. The van der Waals surface area contributed by atoms with E-state index in [9.17, 15) is 4.79 Å². The maximum absolute atomic E-state index is 12.5. The Bertz CT molecular complexity index is 1030. The molecule has 3 aromatic rings. The predicted molar refractivity (Wildman–Crippen MR) is 118 cm³/mol. The molecule has 0 aliphatic carbocycles. The summed E-state index contributed by atoms with van der Waals surface area (Å²) in [6, 6.07) is 22.6. The number of nitriles is 1. The van der Waals surface area contributed by atoms with Crippen LogP contribution in [0.25, 0.3) is 11.1 Å². The van der Waals surface area contributed by atoms with Crippen molar-refractivity contribution in [3.8, 4) is 28.7 Å². The van der Waals surface area contributed by atoms with Gasteiger partial charge in [-0.3, -0.25) is 0 Å². The summed E-state index contributed by atoms with van der Waals surface area (Å²) in [6.07, 6.45) is 4.81. The predicted octanol–water partition coefficient (Wildman–Crippen LogP) is 6.19. The standard InChI is InChI=1S/C26H25NO3/c1-3-4-5-6-19-7-10-21(11-8-19)22-12-14-23(15-13-22)26(28)30-24-16-9-20(18-27)17-25(24)29-2/h7-17H,3-6H2,1-2H3. The van der Waals surface area contributed by atoms with Crippen LogP contribution in [0.1, 0.15) is 47.7 Å². The van der Waals surface area contributed by atoms with Crippen molar-refractivity contribution < 1.29 is 14.3 Å². The van der Waals surface area contributed by atoms with Gasteiger partial charge >= 0.3 is 5.97 Å². The minimum atomic E-state index is -0.476. The van der Waals surface area contributed by atoms with Crippen LogP contribution in [-0.2, 0) is 6.42 Å². The second-order valence-electron chi connectivity index (χ2n) is 7.10. The van der Waals surface area contributed by atoms with Gasteiger partial charge in [0.15, 0.2) is 11.5 Å². The monoisotopic (exact) mass is 399 g/mol. The van der Waals surface area contributed by atoms with Gasteiger partial charge in [0.05, 0.1) is 24.3 Å². The average Bonchev–Trinajstić information content (AvgIpc) is 2.80. The van der Waals surface area contributed by atoms with Gasteiger partial charge in [0.1, 0.15) is 0 Å². The summed E-state index contributed by atoms with van der Waals surface area (Å²) >= 11 is 0. The Morgan fingerprint density at radius 1 is 0.900 bits per heavy atom. The molecule has 30 heavy (non-hydrogen) atoms. The summed E-state index contributed by atoms with van der Waals surface area (Å²) in [7, 11) is 1.47. The highest BCUT2D eigenvalue weighted by Crippen LogP contribution is 2.29. The quantitative estimate of drug-likeness (QED) is 0.258. The number of aryl methyl sites for hydroxylation is 1. The van der Waals surface area contributed by atoms with Gasteiger partial charge in [-0.15, -0.1) is 0 Å². The van der Waals surface area contributed by atoms with Crippen LogP contribution in [0.15, 0.2) is 66.7 Å². The molecule has 0 unspecified atom stereocenters. The molecule has 3 aromatic carbocycles. The van der Waals surface area contributed by atoms with Gasteiger partial charge in [-0.1, -0.05) is 56.2 Å². The van der Waals surface area contributed by atoms with E-state index in [2.05, 4.69) is 31.2 Å². The zero-order valence-electron chi connectivity index (χ0n) is 17.4. The van der Waals surface area contributed by atoms with Crippen LogP contribution in [0.4, 0.5) is 0 Å². The van der Waals surface area contributed by atoms with E-state index in [-0.39, 0.29) is 5.75 Å². The SMILES string of the molecule is CCCCCc1ccc(-c2ccc(C(=O)Oc3ccc(C#N)cc3OC)cc2)cc1. The molecule has 0 fully saturated rings. The summed E-state index contributed by atoms with van der Waals surface area (Å²) in [6.45, 7) is 2.21. The van der Waals surface area contributed by atoms with Crippen molar-refractivity contribution >= 4 is 5.97 Å². The number of esters is 1. The number of hydrogen-bond donors (Lipinski definition) is 0. The molecule has 4 heteroatoms. The number of rotatable bonds is 8. The van der Waals surface area contributed by atoms with Crippen molar-refractivity contribution in [2.75, 3.05) is 7.11 Å². The van der Waals surface area contributed by atoms with Crippen LogP contribution in [0.3, 0.4) is 0 Å². The first-order chi connectivity index (χ1) is 14.6. The number of carbonyl (C=O) groups is 1. The van der Waals surface area contributed by atoms with Gasteiger partial charge in [-0.25, -0.2) is 4.79 Å². The van der Waals surface area contributed by atoms with Crippen LogP contribution in [0, 0.1) is 11.3 Å². The maximum atomic E-state index is 12.5. The molecule has 0 heterocycles. The van der Waals surface area contributed by atoms with Crippen molar-refractivity contribution in [2.24, 2.45) is 0 Å². The van der Waals surface area contributed by atoms with E-state index in [0.717, 1.165) is 17.5 Å². The van der Waals surface area contributed by atoms with E-state index < -0.39 is 5.97 Å². The Hall–Kier alpha value is -3.58. The summed E-state index contributed by atoms with van der Waals surface area (Å²) in [5.74, 6) is 0.151. The molecule has 0 bridgehead atoms. The molecule has 0 N–H and O–H groups in total. The first-order valence-electron chi connectivity index (χ1n) is 10.1. The number of methoxy groups -OCH3 is 1. The van der Waals surface area contributed by atoms with E-state index >= 15 is 0 Å². The van der Waals surface area contributed by atoms with Gasteiger partial charge in [0, 0.05) is 6.07 Å². The Balaban J connectivity index is 1.68. The second kappa shape index (κ2) is 10.3. The highest BCUT2D eigenvalue weighted by Gasteiger charge is 2.13. The molecule has 0 atom stereocenters. The molecule has 3 rings (SSSR count). The third-order valence-electron chi connectivity index (χ3n) is 4.97. The van der Waals surface area contributed by atoms with Crippen molar-refractivity contribution in [1.29, 1.82) is 5.26 Å². The van der Waals surface area contributed by atoms with Crippen molar-refractivity contribution in [3.63, 3.8) is 0 Å². The molecule has 4 nitrogen and oxygen atoms in total. The average molecular weight is 399 g/mol. The van der Waals surface area contributed by atoms with Crippen LogP contribution in [0.2, 0.25) is 0 Å². The molecule has 0 radical (unpaired) electrons. The number of ether oxygens (including phenoxy) is 2. The second-order valence-corrected chi connectivity index (χ2v) is 7.10. The van der Waals surface area contributed by atoms with Crippen LogP contribution in [-0.4, -0.2) is 13.1 Å². The fourth-order valence-electron chi connectivity index (χ4n) is 3.22. The van der Waals surface area contributed by atoms with Crippen LogP contribution in [0.5, 0.6) is 11.5 Å². The van der Waals surface area contributed by atoms with Crippen molar-refractivity contribution in [3.05, 3.63) is 83.4 Å². The molecule has 152 valence electrons. The third kappa shape index (κ3) is 5.27. The first kappa shape index (κ1) is 21.1. The fraction of sp³-hybridized carbons (Fsp3) is 0.231. The Morgan fingerprint density at radius 2 is 1.57 bits per heavy atom. The highest BCUT2D eigenvalue weighted by atomic mass is 16.6. The normalized spacial score (nSPS) is 10.3. The van der Waals surface area contributed by atoms with E-state index in [1.54, 1.807) is 24.3 Å². The Morgan fingerprint density at radius 3 is 2.17 bits per heavy atom. The summed E-state index contributed by atoms with van der Waals surface area (Å²) in [4.78, 5) is 12.5. The lowest BCUT2D eigenvalue weighted by atomic mass is 10.0. The van der Waals surface area contributed by atoms with Gasteiger partial charge in [-0.2, -0.15) is 5.26 Å². The minimum absolute atomic E-state index is 0.282. The largest absolute Gasteiger partial charge is 0.493 e. The fourth-order valence-corrected chi connectivity index (χ4v) is 3.22. The van der Waals surface area contributed by atoms with Crippen molar-refractivity contribution in [2.45, 2.75) is 32.6 Å². The topological polar surface area (TPSA) is 59.3 Å². The molecule has 0 amide bonds. The molecule has 0 aliphatic rings. The zero-order valence-corrected chi connectivity index (χ0v) is 17.4. The molecule has 0 saturated carbocycles. The number of hydrogen-bond acceptors (Lipinski definition) is 4. The van der Waals surface area contributed by atoms with E-state index in [1.165, 1.54) is 38.0 Å². The van der Waals surface area contributed by atoms with Crippen LogP contribution >= 0.6 is 0 Å². The van der Waals surface area contributed by atoms with Gasteiger partial charge in [-0.05, 0) is 53.8 Å². The van der Waals surface area contributed by atoms with Crippen molar-refractivity contribution in [1.82, 2.24) is 0 Å². The lowest BCUT2D eigenvalue weighted by Crippen LogP contribution is -2.09. The minimum Gasteiger partial charge on any atom is -0.493 e. The Kier molecular flexibility index (Phi) is 7.24. The van der Waals surface area contributed by atoms with E-state index in [0.29, 0.717) is 16.9 Å². The lowest BCUT2D eigenvalue weighted by molar-refractivity contribution is 0.0729. The summed E-state index contributed by atoms with van der Waals surface area (Å²) < 4.78 is 10.7. The number of benzene rings is 3. The molecule has 0 aromatic heterocycles. The third-order valence-corrected chi connectivity index (χ3v) is 4.97. The van der Waals surface area contributed by atoms with E-state index in [4.69, 9.17) is 14.7 Å². The summed E-state index contributed by atoms with van der Waals surface area (Å²) in [5, 5.41) is 8.98. The van der Waals surface area contributed by atoms with E-state index in [1.807, 2.05) is 18.2 Å². The number of carbonyl (C=O) groups excluding carboxylic acids is 1. The van der Waals surface area contributed by atoms with Gasteiger partial charge in [0.25, 0.3) is 0 Å². The van der Waals surface area contributed by atoms with Gasteiger partial charge < -0.3 is 9.47 Å². The maximum Gasteiger partial charge on any atom is 0.343 e. The Labute approximate surface area is 177 Å². The first-order valence-corrected chi connectivity index (χ1v) is 10.1.